The third-order valence-corrected chi connectivity index (χ3v) is 7.36. The van der Waals surface area contributed by atoms with Crippen molar-refractivity contribution < 1.29 is 4.79 Å². The van der Waals surface area contributed by atoms with Crippen molar-refractivity contribution in [3.63, 3.8) is 0 Å². The number of piperazine rings is 2. The van der Waals surface area contributed by atoms with Crippen molar-refractivity contribution in [3.05, 3.63) is 44.7 Å². The van der Waals surface area contributed by atoms with E-state index in [-0.39, 0.29) is 6.03 Å². The summed E-state index contributed by atoms with van der Waals surface area (Å²) in [6.07, 6.45) is 1.88. The van der Waals surface area contributed by atoms with Crippen LogP contribution in [0.25, 0.3) is 0 Å². The summed E-state index contributed by atoms with van der Waals surface area (Å²) >= 11 is 5.29. The van der Waals surface area contributed by atoms with Crippen LogP contribution in [0.1, 0.15) is 10.4 Å². The van der Waals surface area contributed by atoms with Gasteiger partial charge >= 0.3 is 6.03 Å². The van der Waals surface area contributed by atoms with Crippen LogP contribution in [-0.4, -0.2) is 85.1 Å². The van der Waals surface area contributed by atoms with Gasteiger partial charge in [-0.1, -0.05) is 6.07 Å². The number of nitrogens with one attached hydrogen (secondary N) is 1. The van der Waals surface area contributed by atoms with Crippen LogP contribution in [0, 0.1) is 0 Å². The molecule has 1 N–H and O–H groups in total. The molecule has 0 atom stereocenters. The van der Waals surface area contributed by atoms with Gasteiger partial charge in [-0.3, -0.25) is 4.90 Å². The van der Waals surface area contributed by atoms with Gasteiger partial charge in [0.1, 0.15) is 5.82 Å². The fourth-order valence-corrected chi connectivity index (χ4v) is 5.33. The maximum atomic E-state index is 12.5. The van der Waals surface area contributed by atoms with Gasteiger partial charge in [0.05, 0.1) is 3.79 Å². The molecular weight excluding hydrogens is 464 g/mol. The number of anilines is 1. The van der Waals surface area contributed by atoms with Gasteiger partial charge in [-0.2, -0.15) is 0 Å². The molecule has 0 unspecified atom stereocenters. The molecule has 0 aromatic carbocycles. The molecular formula is C21H29BrN6OS. The van der Waals surface area contributed by atoms with E-state index in [0.717, 1.165) is 70.3 Å². The second-order valence-electron chi connectivity index (χ2n) is 7.94. The van der Waals surface area contributed by atoms with Gasteiger partial charge in [0.2, 0.25) is 0 Å². The fourth-order valence-electron chi connectivity index (χ4n) is 3.80. The van der Waals surface area contributed by atoms with Crippen LogP contribution in [0.4, 0.5) is 10.6 Å². The topological polar surface area (TPSA) is 55.0 Å². The first kappa shape index (κ1) is 21.5. The van der Waals surface area contributed by atoms with Crippen molar-refractivity contribution in [1.29, 1.82) is 0 Å². The lowest BCUT2D eigenvalue weighted by Crippen LogP contribution is -2.51. The lowest BCUT2D eigenvalue weighted by molar-refractivity contribution is 0.135. The number of amides is 2. The Morgan fingerprint density at radius 2 is 1.83 bits per heavy atom. The Morgan fingerprint density at radius 1 is 1.07 bits per heavy atom. The Bertz CT molecular complexity index is 828. The molecule has 0 radical (unpaired) electrons. The molecule has 2 aromatic heterocycles. The number of thiophene rings is 1. The number of carbonyl (C=O) groups excluding carboxylic acids is 1. The van der Waals surface area contributed by atoms with E-state index in [1.165, 1.54) is 8.66 Å². The highest BCUT2D eigenvalue weighted by Crippen LogP contribution is 2.23. The molecule has 2 aliphatic rings. The highest BCUT2D eigenvalue weighted by Gasteiger charge is 2.21. The summed E-state index contributed by atoms with van der Waals surface area (Å²) in [5.41, 5.74) is 1.03. The zero-order valence-electron chi connectivity index (χ0n) is 17.4. The van der Waals surface area contributed by atoms with Gasteiger partial charge in [-0.15, -0.1) is 11.3 Å². The molecule has 0 saturated carbocycles. The Morgan fingerprint density at radius 3 is 2.47 bits per heavy atom. The number of rotatable bonds is 5. The van der Waals surface area contributed by atoms with Crippen LogP contribution in [0.15, 0.2) is 34.2 Å². The Balaban J connectivity index is 1.19. The number of aromatic nitrogens is 1. The molecule has 30 heavy (non-hydrogen) atoms. The van der Waals surface area contributed by atoms with Crippen molar-refractivity contribution in [1.82, 2.24) is 25.0 Å². The summed E-state index contributed by atoms with van der Waals surface area (Å²) in [6, 6.07) is 8.40. The van der Waals surface area contributed by atoms with E-state index >= 15 is 0 Å². The predicted octanol–water partition coefficient (Wildman–Crippen LogP) is 2.68. The largest absolute Gasteiger partial charge is 0.354 e. The molecule has 2 aromatic rings. The number of nitrogens with zero attached hydrogens (tertiary/aromatic N) is 5. The lowest BCUT2D eigenvalue weighted by atomic mass is 10.2. The normalized spacial score (nSPS) is 18.6. The number of urea groups is 1. The molecule has 7 nitrogen and oxygen atoms in total. The van der Waals surface area contributed by atoms with Gasteiger partial charge in [0.25, 0.3) is 0 Å². The molecule has 0 bridgehead atoms. The zero-order valence-corrected chi connectivity index (χ0v) is 19.8. The molecule has 0 spiro atoms. The van der Waals surface area contributed by atoms with E-state index in [4.69, 9.17) is 0 Å². The molecule has 162 valence electrons. The van der Waals surface area contributed by atoms with Gasteiger partial charge in [0.15, 0.2) is 0 Å². The first-order valence-electron chi connectivity index (χ1n) is 10.4. The molecule has 2 aliphatic heterocycles. The number of carbonyl (C=O) groups is 1. The molecule has 4 heterocycles. The second-order valence-corrected chi connectivity index (χ2v) is 10.5. The third-order valence-electron chi connectivity index (χ3n) is 5.75. The second kappa shape index (κ2) is 10.1. The Labute approximate surface area is 190 Å². The summed E-state index contributed by atoms with van der Waals surface area (Å²) in [7, 11) is 2.15. The number of hydrogen-bond donors (Lipinski definition) is 1. The first-order chi connectivity index (χ1) is 14.6. The zero-order chi connectivity index (χ0) is 20.9. The molecule has 2 saturated heterocycles. The highest BCUT2D eigenvalue weighted by molar-refractivity contribution is 9.11. The SMILES string of the molecule is CN1CCN(c2ccc(CNC(=O)N3CCN(Cc4ccc(Br)s4)CC3)cn2)CC1. The lowest BCUT2D eigenvalue weighted by Gasteiger charge is -2.34. The summed E-state index contributed by atoms with van der Waals surface area (Å²) in [5.74, 6) is 1.02. The van der Waals surface area contributed by atoms with E-state index in [1.54, 1.807) is 11.3 Å². The van der Waals surface area contributed by atoms with Gasteiger partial charge in [-0.05, 0) is 46.7 Å². The highest BCUT2D eigenvalue weighted by atomic mass is 79.9. The minimum absolute atomic E-state index is 0.0108. The van der Waals surface area contributed by atoms with Crippen LogP contribution >= 0.6 is 27.3 Å². The van der Waals surface area contributed by atoms with Gasteiger partial charge in [-0.25, -0.2) is 9.78 Å². The number of likely N-dealkylation sites (N-methyl/N-ethyl adjacent to an activating group) is 1. The van der Waals surface area contributed by atoms with Crippen molar-refractivity contribution >= 4 is 39.1 Å². The van der Waals surface area contributed by atoms with Crippen LogP contribution in [0.5, 0.6) is 0 Å². The number of hydrogen-bond acceptors (Lipinski definition) is 6. The smallest absolute Gasteiger partial charge is 0.317 e. The first-order valence-corrected chi connectivity index (χ1v) is 12.1. The van der Waals surface area contributed by atoms with Crippen molar-refractivity contribution in [2.45, 2.75) is 13.1 Å². The standard InChI is InChI=1S/C21H29BrN6OS/c1-25-6-10-27(11-7-25)20-5-2-17(14-23-20)15-24-21(29)28-12-8-26(9-13-28)16-18-3-4-19(22)30-18/h2-5,14H,6-13,15-16H2,1H3,(H,24,29). The molecule has 0 aliphatic carbocycles. The number of pyridine rings is 1. The number of halogens is 1. The van der Waals surface area contributed by atoms with E-state index in [0.29, 0.717) is 6.54 Å². The van der Waals surface area contributed by atoms with Crippen LogP contribution in [0.2, 0.25) is 0 Å². The Hall–Kier alpha value is -1.68. The minimum atomic E-state index is 0.0108. The maximum absolute atomic E-state index is 12.5. The average Bonchev–Trinajstić information content (AvgIpc) is 3.18. The summed E-state index contributed by atoms with van der Waals surface area (Å²) in [4.78, 5) is 27.5. The quantitative estimate of drug-likeness (QED) is 0.695. The van der Waals surface area contributed by atoms with E-state index in [1.807, 2.05) is 11.1 Å². The fraction of sp³-hybridized carbons (Fsp3) is 0.524. The predicted molar refractivity (Wildman–Crippen MR) is 125 cm³/mol. The average molecular weight is 493 g/mol. The van der Waals surface area contributed by atoms with E-state index in [9.17, 15) is 4.79 Å². The van der Waals surface area contributed by atoms with Crippen molar-refractivity contribution in [3.8, 4) is 0 Å². The molecule has 2 fully saturated rings. The van der Waals surface area contributed by atoms with Crippen molar-refractivity contribution in [2.75, 3.05) is 64.3 Å². The maximum Gasteiger partial charge on any atom is 0.317 e. The van der Waals surface area contributed by atoms with Gasteiger partial charge in [0, 0.05) is 76.5 Å². The third kappa shape index (κ3) is 5.72. The molecule has 2 amide bonds. The minimum Gasteiger partial charge on any atom is -0.354 e. The molecule has 4 rings (SSSR count). The van der Waals surface area contributed by atoms with Crippen molar-refractivity contribution in [2.24, 2.45) is 0 Å². The summed E-state index contributed by atoms with van der Waals surface area (Å²) in [5, 5.41) is 3.05. The monoisotopic (exact) mass is 492 g/mol. The van der Waals surface area contributed by atoms with Gasteiger partial charge < -0.3 is 20.0 Å². The summed E-state index contributed by atoms with van der Waals surface area (Å²) < 4.78 is 1.17. The summed E-state index contributed by atoms with van der Waals surface area (Å²) in [6.45, 7) is 8.96. The van der Waals surface area contributed by atoms with E-state index < -0.39 is 0 Å². The van der Waals surface area contributed by atoms with Crippen LogP contribution in [-0.2, 0) is 13.1 Å². The Kier molecular flexibility index (Phi) is 7.24. The van der Waals surface area contributed by atoms with Crippen LogP contribution in [0.3, 0.4) is 0 Å². The molecule has 9 heteroatoms. The van der Waals surface area contributed by atoms with Crippen LogP contribution < -0.4 is 10.2 Å². The van der Waals surface area contributed by atoms with E-state index in [2.05, 4.69) is 72.2 Å².